The zero-order valence-electron chi connectivity index (χ0n) is 12.4. The third-order valence-corrected chi connectivity index (χ3v) is 3.16. The third-order valence-electron chi connectivity index (χ3n) is 3.16. The van der Waals surface area contributed by atoms with E-state index in [2.05, 4.69) is 47.6 Å². The first kappa shape index (κ1) is 14.7. The number of fused-ring (bicyclic) bond motifs is 1. The molecule has 3 nitrogen and oxygen atoms in total. The van der Waals surface area contributed by atoms with Crippen molar-refractivity contribution >= 4 is 17.0 Å². The summed E-state index contributed by atoms with van der Waals surface area (Å²) >= 11 is 0. The summed E-state index contributed by atoms with van der Waals surface area (Å²) in [6, 6.07) is 10.4. The number of aromatic nitrogens is 1. The highest BCUT2D eigenvalue weighted by atomic mass is 16.5. The summed E-state index contributed by atoms with van der Waals surface area (Å²) in [6.07, 6.45) is 2.23. The molecule has 0 spiro atoms. The van der Waals surface area contributed by atoms with Gasteiger partial charge >= 0.3 is 0 Å². The van der Waals surface area contributed by atoms with Crippen LogP contribution < -0.4 is 5.32 Å². The van der Waals surface area contributed by atoms with Crippen LogP contribution >= 0.6 is 0 Å². The molecule has 2 rings (SSSR count). The van der Waals surface area contributed by atoms with Gasteiger partial charge in [0.05, 0.1) is 12.1 Å². The van der Waals surface area contributed by atoms with Crippen LogP contribution in [0.5, 0.6) is 0 Å². The number of para-hydroxylation sites is 1. The van der Waals surface area contributed by atoms with Gasteiger partial charge < -0.3 is 10.1 Å². The Morgan fingerprint density at radius 3 is 2.95 bits per heavy atom. The van der Waals surface area contributed by atoms with Crippen molar-refractivity contribution in [3.05, 3.63) is 47.2 Å². The molecule has 0 aliphatic carbocycles. The second-order valence-corrected chi connectivity index (χ2v) is 5.03. The zero-order valence-corrected chi connectivity index (χ0v) is 12.4. The number of benzene rings is 1. The van der Waals surface area contributed by atoms with Gasteiger partial charge in [-0.15, -0.1) is 0 Å². The van der Waals surface area contributed by atoms with Crippen LogP contribution in [-0.4, -0.2) is 31.8 Å². The van der Waals surface area contributed by atoms with E-state index < -0.39 is 0 Å². The Bertz CT molecular complexity index is 605. The van der Waals surface area contributed by atoms with Gasteiger partial charge in [-0.05, 0) is 31.5 Å². The van der Waals surface area contributed by atoms with Crippen molar-refractivity contribution in [2.24, 2.45) is 0 Å². The molecular weight excluding hydrogens is 248 g/mol. The summed E-state index contributed by atoms with van der Waals surface area (Å²) in [7, 11) is 1.72. The molecule has 3 heteroatoms. The minimum absolute atomic E-state index is 0.741. The van der Waals surface area contributed by atoms with Crippen LogP contribution in [0.3, 0.4) is 0 Å². The molecule has 0 unspecified atom stereocenters. The van der Waals surface area contributed by atoms with Crippen LogP contribution in [0.15, 0.2) is 35.9 Å². The lowest BCUT2D eigenvalue weighted by atomic mass is 10.1. The molecule has 0 fully saturated rings. The van der Waals surface area contributed by atoms with Crippen LogP contribution in [0.25, 0.3) is 17.0 Å². The fraction of sp³-hybridized carbons (Fsp3) is 0.353. The number of hydrogen-bond donors (Lipinski definition) is 1. The van der Waals surface area contributed by atoms with Crippen LogP contribution in [-0.2, 0) is 4.74 Å². The summed E-state index contributed by atoms with van der Waals surface area (Å²) < 4.78 is 5.03. The second kappa shape index (κ2) is 7.17. The van der Waals surface area contributed by atoms with Gasteiger partial charge in [0.25, 0.3) is 0 Å². The van der Waals surface area contributed by atoms with E-state index >= 15 is 0 Å². The molecule has 0 aliphatic rings. The predicted octanol–water partition coefficient (Wildman–Crippen LogP) is 3.18. The average molecular weight is 270 g/mol. The maximum absolute atomic E-state index is 5.03. The SMILES string of the molecule is COCCNCC(C)=Cc1cc(C)nc2ccccc12. The third kappa shape index (κ3) is 3.89. The number of nitrogens with one attached hydrogen (secondary N) is 1. The van der Waals surface area contributed by atoms with Crippen molar-refractivity contribution in [3.8, 4) is 0 Å². The van der Waals surface area contributed by atoms with E-state index in [0.29, 0.717) is 0 Å². The first-order valence-electron chi connectivity index (χ1n) is 6.94. The average Bonchev–Trinajstić information content (AvgIpc) is 2.43. The summed E-state index contributed by atoms with van der Waals surface area (Å²) in [4.78, 5) is 4.57. The second-order valence-electron chi connectivity index (χ2n) is 5.03. The van der Waals surface area contributed by atoms with Gasteiger partial charge in [0.1, 0.15) is 0 Å². The monoisotopic (exact) mass is 270 g/mol. The van der Waals surface area contributed by atoms with Gasteiger partial charge in [0.2, 0.25) is 0 Å². The standard InChI is InChI=1S/C17H22N2O/c1-13(12-18-8-9-20-3)10-15-11-14(2)19-17-7-5-4-6-16(15)17/h4-7,10-11,18H,8-9,12H2,1-3H3. The van der Waals surface area contributed by atoms with E-state index in [9.17, 15) is 0 Å². The summed E-state index contributed by atoms with van der Waals surface area (Å²) in [5.74, 6) is 0. The van der Waals surface area contributed by atoms with Crippen molar-refractivity contribution in [2.75, 3.05) is 26.8 Å². The predicted molar refractivity (Wildman–Crippen MR) is 84.9 cm³/mol. The lowest BCUT2D eigenvalue weighted by molar-refractivity contribution is 0.200. The molecule has 1 heterocycles. The molecule has 0 atom stereocenters. The highest BCUT2D eigenvalue weighted by Gasteiger charge is 2.01. The maximum Gasteiger partial charge on any atom is 0.0711 e. The molecule has 1 N–H and O–H groups in total. The molecule has 0 amide bonds. The van der Waals surface area contributed by atoms with Crippen molar-refractivity contribution in [1.29, 1.82) is 0 Å². The molecule has 20 heavy (non-hydrogen) atoms. The Kier molecular flexibility index (Phi) is 5.27. The minimum atomic E-state index is 0.741. The molecule has 0 saturated carbocycles. The van der Waals surface area contributed by atoms with E-state index in [1.807, 2.05) is 13.0 Å². The lowest BCUT2D eigenvalue weighted by Gasteiger charge is -2.07. The zero-order chi connectivity index (χ0) is 14.4. The van der Waals surface area contributed by atoms with E-state index in [-0.39, 0.29) is 0 Å². The van der Waals surface area contributed by atoms with Gasteiger partial charge in [-0.1, -0.05) is 29.8 Å². The summed E-state index contributed by atoms with van der Waals surface area (Å²) in [5.41, 5.74) is 4.64. The number of ether oxygens (including phenoxy) is 1. The highest BCUT2D eigenvalue weighted by Crippen LogP contribution is 2.20. The van der Waals surface area contributed by atoms with E-state index in [4.69, 9.17) is 4.74 Å². The molecule has 1 aromatic carbocycles. The van der Waals surface area contributed by atoms with Crippen molar-refractivity contribution in [2.45, 2.75) is 13.8 Å². The molecule has 106 valence electrons. The Morgan fingerprint density at radius 1 is 1.35 bits per heavy atom. The highest BCUT2D eigenvalue weighted by molar-refractivity contribution is 5.88. The Balaban J connectivity index is 2.19. The van der Waals surface area contributed by atoms with Gasteiger partial charge in [-0.2, -0.15) is 0 Å². The van der Waals surface area contributed by atoms with E-state index in [0.717, 1.165) is 30.9 Å². The number of aryl methyl sites for hydroxylation is 1. The normalized spacial score (nSPS) is 12.1. The fourth-order valence-electron chi connectivity index (χ4n) is 2.24. The fourth-order valence-corrected chi connectivity index (χ4v) is 2.24. The lowest BCUT2D eigenvalue weighted by Crippen LogP contribution is -2.20. The number of pyridine rings is 1. The van der Waals surface area contributed by atoms with Gasteiger partial charge in [0.15, 0.2) is 0 Å². The number of rotatable bonds is 6. The van der Waals surface area contributed by atoms with Crippen LogP contribution in [0.4, 0.5) is 0 Å². The molecule has 0 aliphatic heterocycles. The molecule has 0 bridgehead atoms. The van der Waals surface area contributed by atoms with Crippen molar-refractivity contribution in [1.82, 2.24) is 10.3 Å². The number of methoxy groups -OCH3 is 1. The summed E-state index contributed by atoms with van der Waals surface area (Å²) in [5, 5.41) is 4.56. The molecule has 1 aromatic heterocycles. The van der Waals surface area contributed by atoms with Crippen LogP contribution in [0, 0.1) is 6.92 Å². The van der Waals surface area contributed by atoms with Gasteiger partial charge in [-0.25, -0.2) is 0 Å². The number of nitrogens with zero attached hydrogens (tertiary/aromatic N) is 1. The first-order chi connectivity index (χ1) is 9.70. The topological polar surface area (TPSA) is 34.1 Å². The van der Waals surface area contributed by atoms with E-state index in [1.54, 1.807) is 7.11 Å². The molecule has 0 saturated heterocycles. The Morgan fingerprint density at radius 2 is 2.15 bits per heavy atom. The van der Waals surface area contributed by atoms with E-state index in [1.165, 1.54) is 16.5 Å². The van der Waals surface area contributed by atoms with Crippen LogP contribution in [0.2, 0.25) is 0 Å². The maximum atomic E-state index is 5.03. The quantitative estimate of drug-likeness (QED) is 0.819. The smallest absolute Gasteiger partial charge is 0.0711 e. The molecule has 0 radical (unpaired) electrons. The van der Waals surface area contributed by atoms with Gasteiger partial charge in [0, 0.05) is 31.3 Å². The minimum Gasteiger partial charge on any atom is -0.383 e. The van der Waals surface area contributed by atoms with Crippen LogP contribution in [0.1, 0.15) is 18.2 Å². The van der Waals surface area contributed by atoms with Crippen molar-refractivity contribution in [3.63, 3.8) is 0 Å². The largest absolute Gasteiger partial charge is 0.383 e. The first-order valence-corrected chi connectivity index (χ1v) is 6.94. The Labute approximate surface area is 120 Å². The molecular formula is C17H22N2O. The summed E-state index contributed by atoms with van der Waals surface area (Å²) in [6.45, 7) is 6.67. The van der Waals surface area contributed by atoms with Crippen molar-refractivity contribution < 1.29 is 4.74 Å². The molecule has 2 aromatic rings. The van der Waals surface area contributed by atoms with Gasteiger partial charge in [-0.3, -0.25) is 4.98 Å². The number of hydrogen-bond acceptors (Lipinski definition) is 3. The Hall–Kier alpha value is -1.71.